The number of hydrazone groups is 1. The Kier molecular flexibility index (Phi) is 3.40. The van der Waals surface area contributed by atoms with Crippen LogP contribution in [0.3, 0.4) is 0 Å². The highest BCUT2D eigenvalue weighted by Gasteiger charge is 2.61. The van der Waals surface area contributed by atoms with Crippen LogP contribution in [0.1, 0.15) is 12.0 Å². The van der Waals surface area contributed by atoms with Gasteiger partial charge in [0.15, 0.2) is 0 Å². The fraction of sp³-hybridized carbons (Fsp3) is 0.273. The van der Waals surface area contributed by atoms with Gasteiger partial charge in [0.05, 0.1) is 12.1 Å². The highest BCUT2D eigenvalue weighted by atomic mass is 79.9. The fourth-order valence-electron chi connectivity index (χ4n) is 1.71. The minimum atomic E-state index is -4.98. The molecule has 1 N–H and O–H groups in total. The third-order valence-electron chi connectivity index (χ3n) is 2.75. The molecule has 19 heavy (non-hydrogen) atoms. The van der Waals surface area contributed by atoms with Crippen LogP contribution in [0.25, 0.3) is 0 Å². The summed E-state index contributed by atoms with van der Waals surface area (Å²) in [6.07, 6.45) is -5.91. The maximum Gasteiger partial charge on any atom is 0.438 e. The molecule has 0 spiro atoms. The second-order valence-electron chi connectivity index (χ2n) is 3.99. The zero-order valence-corrected chi connectivity index (χ0v) is 10.9. The van der Waals surface area contributed by atoms with Crippen LogP contribution in [0.2, 0.25) is 0 Å². The van der Waals surface area contributed by atoms with Crippen LogP contribution in [-0.4, -0.2) is 34.1 Å². The molecule has 8 heteroatoms. The van der Waals surface area contributed by atoms with Crippen LogP contribution in [0.4, 0.5) is 13.2 Å². The minimum absolute atomic E-state index is 0.000532. The third kappa shape index (κ3) is 2.37. The van der Waals surface area contributed by atoms with Gasteiger partial charge in [0.2, 0.25) is 6.41 Å². The Bertz CT molecular complexity index is 530. The molecule has 0 radical (unpaired) electrons. The number of nitrogens with zero attached hydrogens (tertiary/aromatic N) is 2. The SMILES string of the molecule is O=CN1N=C(c2ccc(Br)cc2)C[C@]1(O)C(F)(F)F. The summed E-state index contributed by atoms with van der Waals surface area (Å²) in [7, 11) is 0. The van der Waals surface area contributed by atoms with Gasteiger partial charge in [-0.1, -0.05) is 28.1 Å². The van der Waals surface area contributed by atoms with E-state index < -0.39 is 18.3 Å². The van der Waals surface area contributed by atoms with Crippen molar-refractivity contribution in [2.24, 2.45) is 5.10 Å². The molecule has 0 aliphatic carbocycles. The molecule has 0 fully saturated rings. The first-order valence-electron chi connectivity index (χ1n) is 5.15. The molecule has 1 amide bonds. The normalized spacial score (nSPS) is 23.4. The molecular weight excluding hydrogens is 329 g/mol. The Morgan fingerprint density at radius 1 is 1.37 bits per heavy atom. The molecule has 0 bridgehead atoms. The lowest BCUT2D eigenvalue weighted by atomic mass is 10.0. The molecule has 102 valence electrons. The second-order valence-corrected chi connectivity index (χ2v) is 4.91. The first-order chi connectivity index (χ1) is 8.78. The predicted molar refractivity (Wildman–Crippen MR) is 64.2 cm³/mol. The molecule has 0 saturated carbocycles. The summed E-state index contributed by atoms with van der Waals surface area (Å²) in [5, 5.41) is 13.1. The molecular formula is C11H8BrF3N2O2. The van der Waals surface area contributed by atoms with Gasteiger partial charge in [-0.3, -0.25) is 4.79 Å². The largest absolute Gasteiger partial charge is 0.438 e. The van der Waals surface area contributed by atoms with Crippen LogP contribution in [-0.2, 0) is 4.79 Å². The highest BCUT2D eigenvalue weighted by molar-refractivity contribution is 9.10. The number of carbonyl (C=O) groups excluding carboxylic acids is 1. The maximum atomic E-state index is 12.8. The Morgan fingerprint density at radius 2 is 1.95 bits per heavy atom. The number of benzene rings is 1. The zero-order chi connectivity index (χ0) is 14.3. The summed E-state index contributed by atoms with van der Waals surface area (Å²) >= 11 is 3.20. The number of alkyl halides is 3. The van der Waals surface area contributed by atoms with Gasteiger partial charge < -0.3 is 5.11 Å². The van der Waals surface area contributed by atoms with E-state index in [4.69, 9.17) is 0 Å². The van der Waals surface area contributed by atoms with Crippen LogP contribution < -0.4 is 0 Å². The van der Waals surface area contributed by atoms with Gasteiger partial charge in [0.25, 0.3) is 5.72 Å². The summed E-state index contributed by atoms with van der Waals surface area (Å²) < 4.78 is 39.2. The molecule has 0 saturated heterocycles. The molecule has 1 heterocycles. The predicted octanol–water partition coefficient (Wildman–Crippen LogP) is 2.27. The van der Waals surface area contributed by atoms with E-state index in [-0.39, 0.29) is 17.1 Å². The number of amides is 1. The first-order valence-corrected chi connectivity index (χ1v) is 5.94. The average Bonchev–Trinajstić information content (AvgIpc) is 2.68. The van der Waals surface area contributed by atoms with Crippen molar-refractivity contribution in [2.45, 2.75) is 18.3 Å². The van der Waals surface area contributed by atoms with Crippen LogP contribution in [0.15, 0.2) is 33.8 Å². The van der Waals surface area contributed by atoms with Gasteiger partial charge in [0.1, 0.15) is 0 Å². The first kappa shape index (κ1) is 14.0. The maximum absolute atomic E-state index is 12.8. The lowest BCUT2D eigenvalue weighted by Gasteiger charge is -2.29. The Hall–Kier alpha value is -1.41. The van der Waals surface area contributed by atoms with E-state index in [1.165, 1.54) is 0 Å². The van der Waals surface area contributed by atoms with E-state index in [2.05, 4.69) is 21.0 Å². The van der Waals surface area contributed by atoms with Crippen molar-refractivity contribution in [2.75, 3.05) is 0 Å². The van der Waals surface area contributed by atoms with Gasteiger partial charge in [-0.05, 0) is 17.7 Å². The highest BCUT2D eigenvalue weighted by Crippen LogP contribution is 2.40. The lowest BCUT2D eigenvalue weighted by molar-refractivity contribution is -0.299. The van der Waals surface area contributed by atoms with Crippen molar-refractivity contribution >= 4 is 28.1 Å². The molecule has 1 atom stereocenters. The molecule has 0 aromatic heterocycles. The Labute approximate surface area is 114 Å². The van der Waals surface area contributed by atoms with E-state index in [1.807, 2.05) is 0 Å². The van der Waals surface area contributed by atoms with Crippen molar-refractivity contribution in [3.8, 4) is 0 Å². The van der Waals surface area contributed by atoms with E-state index >= 15 is 0 Å². The summed E-state index contributed by atoms with van der Waals surface area (Å²) in [4.78, 5) is 10.7. The standard InChI is InChI=1S/C11H8BrF3N2O2/c12-8-3-1-7(2-4-8)9-5-10(19,11(13,14)15)17(6-18)16-9/h1-4,6,19H,5H2/t10-/m0/s1. The number of hydrogen-bond donors (Lipinski definition) is 1. The van der Waals surface area contributed by atoms with Crippen LogP contribution in [0.5, 0.6) is 0 Å². The number of halogens is 4. The molecule has 0 unspecified atom stereocenters. The molecule has 2 rings (SSSR count). The van der Waals surface area contributed by atoms with Crippen molar-refractivity contribution in [3.05, 3.63) is 34.3 Å². The van der Waals surface area contributed by atoms with Crippen LogP contribution >= 0.6 is 15.9 Å². The van der Waals surface area contributed by atoms with Crippen LogP contribution in [0, 0.1) is 0 Å². The van der Waals surface area contributed by atoms with E-state index in [0.717, 1.165) is 4.47 Å². The van der Waals surface area contributed by atoms with E-state index in [1.54, 1.807) is 24.3 Å². The monoisotopic (exact) mass is 336 g/mol. The van der Waals surface area contributed by atoms with Gasteiger partial charge in [-0.15, -0.1) is 0 Å². The quantitative estimate of drug-likeness (QED) is 0.842. The summed E-state index contributed by atoms with van der Waals surface area (Å²) in [5.74, 6) is 0. The number of rotatable bonds is 2. The Morgan fingerprint density at radius 3 is 2.37 bits per heavy atom. The van der Waals surface area contributed by atoms with Gasteiger partial charge in [0, 0.05) is 4.47 Å². The topological polar surface area (TPSA) is 52.9 Å². The fourth-order valence-corrected chi connectivity index (χ4v) is 1.97. The Balaban J connectivity index is 2.36. The molecule has 4 nitrogen and oxygen atoms in total. The summed E-state index contributed by atoms with van der Waals surface area (Å²) in [5.41, 5.74) is -2.87. The molecule has 1 aliphatic rings. The van der Waals surface area contributed by atoms with Crippen molar-refractivity contribution in [1.29, 1.82) is 0 Å². The van der Waals surface area contributed by atoms with Crippen molar-refractivity contribution < 1.29 is 23.1 Å². The average molecular weight is 337 g/mol. The van der Waals surface area contributed by atoms with Crippen molar-refractivity contribution in [1.82, 2.24) is 5.01 Å². The third-order valence-corrected chi connectivity index (χ3v) is 3.28. The van der Waals surface area contributed by atoms with E-state index in [9.17, 15) is 23.1 Å². The van der Waals surface area contributed by atoms with E-state index in [0.29, 0.717) is 5.56 Å². The summed E-state index contributed by atoms with van der Waals surface area (Å²) in [6.45, 7) is 0. The van der Waals surface area contributed by atoms with Gasteiger partial charge >= 0.3 is 6.18 Å². The van der Waals surface area contributed by atoms with Crippen molar-refractivity contribution in [3.63, 3.8) is 0 Å². The smallest absolute Gasteiger partial charge is 0.362 e. The second kappa shape index (κ2) is 4.61. The number of hydrogen-bond acceptors (Lipinski definition) is 3. The lowest BCUT2D eigenvalue weighted by Crippen LogP contribution is -2.54. The van der Waals surface area contributed by atoms with Gasteiger partial charge in [-0.2, -0.15) is 23.3 Å². The molecule has 1 aromatic carbocycles. The van der Waals surface area contributed by atoms with Gasteiger partial charge in [-0.25, -0.2) is 0 Å². The zero-order valence-electron chi connectivity index (χ0n) is 9.36. The minimum Gasteiger partial charge on any atom is -0.362 e. The summed E-state index contributed by atoms with van der Waals surface area (Å²) in [6, 6.07) is 6.37. The number of aliphatic hydroxyl groups is 1. The molecule has 1 aromatic rings. The molecule has 1 aliphatic heterocycles. The number of carbonyl (C=O) groups is 1.